The number of nitrogens with zero attached hydrogens (tertiary/aromatic N) is 1. The van der Waals surface area contributed by atoms with E-state index in [1.807, 2.05) is 66.7 Å². The van der Waals surface area contributed by atoms with E-state index in [9.17, 15) is 0 Å². The van der Waals surface area contributed by atoms with E-state index < -0.39 is 0 Å². The lowest BCUT2D eigenvalue weighted by Crippen LogP contribution is -2.07. The number of hydrogen-bond donors (Lipinski definition) is 0. The molecular weight excluding hydrogens is 414 g/mol. The van der Waals surface area contributed by atoms with Crippen molar-refractivity contribution in [2.45, 2.75) is 11.8 Å². The van der Waals surface area contributed by atoms with Crippen molar-refractivity contribution in [3.05, 3.63) is 83.3 Å². The van der Waals surface area contributed by atoms with Crippen LogP contribution >= 0.6 is 23.5 Å². The highest BCUT2D eigenvalue weighted by molar-refractivity contribution is 8.22. The van der Waals surface area contributed by atoms with Crippen LogP contribution in [-0.2, 0) is 0 Å². The Morgan fingerprint density at radius 3 is 2.20 bits per heavy atom. The third-order valence-electron chi connectivity index (χ3n) is 4.47. The number of aliphatic imine (C=N–C) groups is 1. The standard InChI is InChI=1S/C24H21NO3S2/c1-16-4-6-18(7-5-16)28-24-25-22-13-10-19(27-3)14-21(22)23(30-24)15-29-20-11-8-17(26-2)9-12-20/h4-15H,1-3H3/b23-15-. The van der Waals surface area contributed by atoms with E-state index >= 15 is 0 Å². The summed E-state index contributed by atoms with van der Waals surface area (Å²) in [5.74, 6) is 2.41. The highest BCUT2D eigenvalue weighted by Crippen LogP contribution is 2.44. The molecular formula is C24H21NO3S2. The van der Waals surface area contributed by atoms with Crippen LogP contribution < -0.4 is 14.2 Å². The molecule has 0 saturated heterocycles. The smallest absolute Gasteiger partial charge is 0.261 e. The van der Waals surface area contributed by atoms with E-state index in [1.165, 1.54) is 17.3 Å². The molecule has 1 heterocycles. The van der Waals surface area contributed by atoms with Gasteiger partial charge in [-0.1, -0.05) is 29.5 Å². The number of aryl methyl sites for hydroxylation is 1. The van der Waals surface area contributed by atoms with Gasteiger partial charge in [-0.3, -0.25) is 0 Å². The van der Waals surface area contributed by atoms with Gasteiger partial charge in [0.15, 0.2) is 0 Å². The van der Waals surface area contributed by atoms with Crippen molar-refractivity contribution in [3.63, 3.8) is 0 Å². The van der Waals surface area contributed by atoms with E-state index in [4.69, 9.17) is 19.2 Å². The Labute approximate surface area is 185 Å². The zero-order valence-corrected chi connectivity index (χ0v) is 18.5. The molecule has 3 aromatic rings. The number of thioether (sulfide) groups is 2. The Bertz CT molecular complexity index is 1090. The summed E-state index contributed by atoms with van der Waals surface area (Å²) in [6, 6.07) is 21.8. The lowest BCUT2D eigenvalue weighted by Gasteiger charge is -2.19. The first-order valence-corrected chi connectivity index (χ1v) is 11.0. The average molecular weight is 436 g/mol. The molecule has 0 saturated carbocycles. The van der Waals surface area contributed by atoms with Crippen molar-refractivity contribution in [1.29, 1.82) is 0 Å². The van der Waals surface area contributed by atoms with Gasteiger partial charge in [-0.2, -0.15) is 0 Å². The summed E-state index contributed by atoms with van der Waals surface area (Å²) in [5.41, 5.74) is 3.07. The van der Waals surface area contributed by atoms with Crippen LogP contribution in [0.15, 0.2) is 82.0 Å². The molecule has 0 radical (unpaired) electrons. The minimum absolute atomic E-state index is 0.595. The number of fused-ring (bicyclic) bond motifs is 1. The molecule has 4 nitrogen and oxygen atoms in total. The number of benzene rings is 3. The van der Waals surface area contributed by atoms with Gasteiger partial charge in [0.1, 0.15) is 17.2 Å². The zero-order chi connectivity index (χ0) is 20.9. The van der Waals surface area contributed by atoms with E-state index in [0.717, 1.165) is 38.3 Å². The molecule has 1 aliphatic heterocycles. The maximum Gasteiger partial charge on any atom is 0.261 e. The topological polar surface area (TPSA) is 40.0 Å². The monoisotopic (exact) mass is 435 g/mol. The van der Waals surface area contributed by atoms with Gasteiger partial charge < -0.3 is 14.2 Å². The Morgan fingerprint density at radius 2 is 1.50 bits per heavy atom. The van der Waals surface area contributed by atoms with E-state index in [1.54, 1.807) is 26.0 Å². The summed E-state index contributed by atoms with van der Waals surface area (Å²) in [5, 5.41) is 2.72. The van der Waals surface area contributed by atoms with E-state index in [0.29, 0.717) is 5.23 Å². The molecule has 0 spiro atoms. The lowest BCUT2D eigenvalue weighted by atomic mass is 10.1. The molecule has 0 N–H and O–H groups in total. The molecule has 30 heavy (non-hydrogen) atoms. The fourth-order valence-corrected chi connectivity index (χ4v) is 4.56. The van der Waals surface area contributed by atoms with Gasteiger partial charge >= 0.3 is 0 Å². The third-order valence-corrected chi connectivity index (χ3v) is 6.42. The summed E-state index contributed by atoms with van der Waals surface area (Å²) in [6.45, 7) is 2.05. The quantitative estimate of drug-likeness (QED) is 0.407. The average Bonchev–Trinajstić information content (AvgIpc) is 2.79. The Hall–Kier alpha value is -2.83. The van der Waals surface area contributed by atoms with Gasteiger partial charge in [-0.15, -0.1) is 0 Å². The van der Waals surface area contributed by atoms with Crippen LogP contribution in [0.25, 0.3) is 4.91 Å². The van der Waals surface area contributed by atoms with Gasteiger partial charge in [0.05, 0.1) is 19.9 Å². The van der Waals surface area contributed by atoms with Crippen molar-refractivity contribution in [2.24, 2.45) is 4.99 Å². The first kappa shape index (κ1) is 20.4. The van der Waals surface area contributed by atoms with Gasteiger partial charge in [0, 0.05) is 15.4 Å². The van der Waals surface area contributed by atoms with Gasteiger partial charge in [0.2, 0.25) is 0 Å². The predicted molar refractivity (Wildman–Crippen MR) is 126 cm³/mol. The molecule has 0 amide bonds. The van der Waals surface area contributed by atoms with Gasteiger partial charge in [0.25, 0.3) is 5.23 Å². The van der Waals surface area contributed by atoms with Crippen molar-refractivity contribution in [3.8, 4) is 17.2 Å². The van der Waals surface area contributed by atoms with Crippen molar-refractivity contribution in [1.82, 2.24) is 0 Å². The van der Waals surface area contributed by atoms with Crippen LogP contribution in [-0.4, -0.2) is 19.4 Å². The molecule has 152 valence electrons. The number of methoxy groups -OCH3 is 2. The Kier molecular flexibility index (Phi) is 6.35. The first-order chi connectivity index (χ1) is 14.6. The van der Waals surface area contributed by atoms with Gasteiger partial charge in [-0.05, 0) is 78.7 Å². The lowest BCUT2D eigenvalue weighted by molar-refractivity contribution is 0.414. The number of ether oxygens (including phenoxy) is 3. The fourth-order valence-electron chi connectivity index (χ4n) is 2.82. The molecule has 0 aromatic heterocycles. The molecule has 1 aliphatic rings. The second-order valence-corrected chi connectivity index (χ2v) is 8.49. The summed E-state index contributed by atoms with van der Waals surface area (Å²) < 4.78 is 16.7. The normalized spacial score (nSPS) is 14.1. The largest absolute Gasteiger partial charge is 0.497 e. The maximum atomic E-state index is 6.05. The summed E-state index contributed by atoms with van der Waals surface area (Å²) in [6.07, 6.45) is 0. The molecule has 0 atom stereocenters. The van der Waals surface area contributed by atoms with Crippen LogP contribution in [0.2, 0.25) is 0 Å². The predicted octanol–water partition coefficient (Wildman–Crippen LogP) is 6.92. The highest BCUT2D eigenvalue weighted by Gasteiger charge is 2.20. The third kappa shape index (κ3) is 4.83. The van der Waals surface area contributed by atoms with Crippen LogP contribution in [0, 0.1) is 6.92 Å². The minimum atomic E-state index is 0.595. The molecule has 0 unspecified atom stereocenters. The maximum absolute atomic E-state index is 6.05. The van der Waals surface area contributed by atoms with Crippen LogP contribution in [0.1, 0.15) is 11.1 Å². The second kappa shape index (κ2) is 9.32. The van der Waals surface area contributed by atoms with E-state index in [2.05, 4.69) is 12.3 Å². The minimum Gasteiger partial charge on any atom is -0.497 e. The fraction of sp³-hybridized carbons (Fsp3) is 0.125. The SMILES string of the molecule is COc1ccc(S/C=C2\SC(Oc3ccc(C)cc3)=Nc3ccc(OC)cc32)cc1. The first-order valence-electron chi connectivity index (χ1n) is 9.35. The summed E-state index contributed by atoms with van der Waals surface area (Å²) in [4.78, 5) is 6.88. The number of hydrogen-bond acceptors (Lipinski definition) is 6. The van der Waals surface area contributed by atoms with Crippen molar-refractivity contribution >= 4 is 39.3 Å². The van der Waals surface area contributed by atoms with Crippen LogP contribution in [0.5, 0.6) is 17.2 Å². The molecule has 6 heteroatoms. The van der Waals surface area contributed by atoms with Crippen LogP contribution in [0.3, 0.4) is 0 Å². The van der Waals surface area contributed by atoms with Gasteiger partial charge in [-0.25, -0.2) is 4.99 Å². The van der Waals surface area contributed by atoms with Crippen molar-refractivity contribution in [2.75, 3.05) is 14.2 Å². The molecule has 4 rings (SSSR count). The molecule has 0 fully saturated rings. The Balaban J connectivity index is 1.63. The van der Waals surface area contributed by atoms with Crippen molar-refractivity contribution < 1.29 is 14.2 Å². The van der Waals surface area contributed by atoms with E-state index in [-0.39, 0.29) is 0 Å². The molecule has 0 bridgehead atoms. The summed E-state index contributed by atoms with van der Waals surface area (Å²) in [7, 11) is 3.34. The Morgan fingerprint density at radius 1 is 0.833 bits per heavy atom. The molecule has 3 aromatic carbocycles. The second-order valence-electron chi connectivity index (χ2n) is 6.55. The molecule has 0 aliphatic carbocycles. The number of rotatable bonds is 5. The zero-order valence-electron chi connectivity index (χ0n) is 16.9. The summed E-state index contributed by atoms with van der Waals surface area (Å²) >= 11 is 3.15. The highest BCUT2D eigenvalue weighted by atomic mass is 32.2. The van der Waals surface area contributed by atoms with Crippen LogP contribution in [0.4, 0.5) is 5.69 Å².